The summed E-state index contributed by atoms with van der Waals surface area (Å²) in [6.07, 6.45) is 16.2. The first-order valence-corrected chi connectivity index (χ1v) is 39.0. The van der Waals surface area contributed by atoms with Gasteiger partial charge in [0.15, 0.2) is 75.8 Å². The van der Waals surface area contributed by atoms with E-state index < -0.39 is 31.2 Å². The summed E-state index contributed by atoms with van der Waals surface area (Å²) in [6, 6.07) is 66.6. The molecule has 112 heavy (non-hydrogen) atoms. The molecule has 22 aliphatic rings. The van der Waals surface area contributed by atoms with E-state index in [1.54, 1.807) is 24.3 Å². The molecular weight excluding hydrogens is 1620 g/mol. The molecule has 596 valence electrons. The summed E-state index contributed by atoms with van der Waals surface area (Å²) < 4.78 is 245. The molecule has 0 radical (unpaired) electrons. The summed E-state index contributed by atoms with van der Waals surface area (Å²) in [5.41, 5.74) is 8.22. The summed E-state index contributed by atoms with van der Waals surface area (Å²) in [5.74, 6) is 1.94. The van der Waals surface area contributed by atoms with Crippen molar-refractivity contribution < 1.29 is 119 Å². The van der Waals surface area contributed by atoms with Crippen molar-refractivity contribution in [2.75, 3.05) is 0 Å². The van der Waals surface area contributed by atoms with Crippen LogP contribution in [-0.4, -0.2) is 40.8 Å². The Morgan fingerprint density at radius 2 is 0.375 bits per heavy atom. The average Bonchev–Trinajstić information content (AvgIpc) is 0.722. The van der Waals surface area contributed by atoms with E-state index in [0.29, 0.717) is 23.3 Å². The van der Waals surface area contributed by atoms with Gasteiger partial charge in [-0.15, -0.1) is 40.8 Å². The Morgan fingerprint density at radius 3 is 0.509 bits per heavy atom. The first-order valence-electron chi connectivity index (χ1n) is 30.9. The number of hydrogen-bond acceptors (Lipinski definition) is 12. The topological polar surface area (TPSA) is 214 Å². The summed E-state index contributed by atoms with van der Waals surface area (Å²) >= 11 is 0. The first-order chi connectivity index (χ1) is 51.1. The largest absolute Gasteiger partial charge is 0.204 e. The van der Waals surface area contributed by atoms with E-state index in [-0.39, 0.29) is 0 Å². The third-order valence-corrected chi connectivity index (χ3v) is 13.5. The summed E-state index contributed by atoms with van der Waals surface area (Å²) in [6.45, 7) is 8.68. The van der Waals surface area contributed by atoms with Crippen LogP contribution in [0, 0.1) is 45.3 Å². The van der Waals surface area contributed by atoms with E-state index in [2.05, 4.69) is 180 Å². The molecule has 7 aromatic carbocycles. The molecule has 0 saturated heterocycles. The van der Waals surface area contributed by atoms with Crippen molar-refractivity contribution in [2.24, 2.45) is 0 Å². The molecular formula is C68H56F24N16P4. The molecule has 0 saturated carbocycles. The van der Waals surface area contributed by atoms with Gasteiger partial charge in [-0.05, 0) is 43.1 Å². The van der Waals surface area contributed by atoms with E-state index in [0.717, 1.165) is 48.4 Å². The number of aromatic nitrogens is 12. The molecule has 0 atom stereocenters. The third kappa shape index (κ3) is 38.1. The number of hydrogen-bond donors (Lipinski definition) is 0. The van der Waals surface area contributed by atoms with Crippen LogP contribution in [0.3, 0.4) is 0 Å². The van der Waals surface area contributed by atoms with Crippen LogP contribution in [0.25, 0.3) is 88.6 Å². The van der Waals surface area contributed by atoms with E-state index in [4.69, 9.17) is 21.0 Å². The standard InChI is InChI=1S/C40H32N12.C20H12.4C2H3N.4F6P/c1-2-30-4-3-29(1)25-49-17-9-33(10-18-49)37-41-45-39(46-42-37)35-13-21-51(22-14-35)27-31-5-7-32(8-6-31)28-52-23-15-36(16-24-52)40-47-43-38(44-48-40)34-11-19-50(26-30)20-12-34;1-5-13-6-2-11-17-18-12-4-8-14-7-3-10-16(20(14)18)15(9-1)19(13)17;4*1-2-3;4*1-7(2,3,4,5)6/h1-24H,25-28H2;1-12H;4*1H3;;;;/q+4;;;;;;4*-1. The first kappa shape index (κ1) is 90.9. The number of nitrogens with zero attached hydrogens (tertiary/aromatic N) is 16. The quantitative estimate of drug-likeness (QED) is 0.0456. The molecule has 22 aliphatic heterocycles. The minimum atomic E-state index is -10.7. The van der Waals surface area contributed by atoms with Gasteiger partial charge in [0.25, 0.3) is 0 Å². The fourth-order valence-electron chi connectivity index (χ4n) is 9.69. The maximum atomic E-state index is 9.87. The predicted octanol–water partition coefficient (Wildman–Crippen LogP) is 24.6. The van der Waals surface area contributed by atoms with Crippen LogP contribution in [0.2, 0.25) is 0 Å². The van der Waals surface area contributed by atoms with Crippen LogP contribution in [0.5, 0.6) is 0 Å². The van der Waals surface area contributed by atoms with Gasteiger partial charge in [0.1, 0.15) is 0 Å². The monoisotopic (exact) mass is 1680 g/mol. The smallest absolute Gasteiger partial charge is 0.201 e. The molecule has 0 N–H and O–H groups in total. The van der Waals surface area contributed by atoms with Crippen molar-refractivity contribution in [3.63, 3.8) is 0 Å². The minimum absolute atomic E-state index is 0.484. The molecule has 16 nitrogen and oxygen atoms in total. The van der Waals surface area contributed by atoms with E-state index in [1.165, 1.54) is 93.0 Å². The van der Waals surface area contributed by atoms with Gasteiger partial charge in [-0.2, -0.15) is 21.0 Å². The molecule has 6 aromatic heterocycles. The molecule has 16 bridgehead atoms. The zero-order chi connectivity index (χ0) is 84.3. The van der Waals surface area contributed by atoms with Crippen LogP contribution >= 0.6 is 31.2 Å². The zero-order valence-electron chi connectivity index (χ0n) is 57.6. The molecule has 35 rings (SSSR count). The van der Waals surface area contributed by atoms with Crippen LogP contribution in [-0.2, 0) is 26.2 Å². The van der Waals surface area contributed by atoms with Gasteiger partial charge in [0.2, 0.25) is 23.3 Å². The van der Waals surface area contributed by atoms with Gasteiger partial charge in [-0.25, -0.2) is 18.3 Å². The fraction of sp³-hybridized carbons (Fsp3) is 0.118. The van der Waals surface area contributed by atoms with E-state index >= 15 is 0 Å². The molecule has 0 amide bonds. The van der Waals surface area contributed by atoms with Crippen molar-refractivity contribution in [1.82, 2.24) is 40.8 Å². The second-order valence-electron chi connectivity index (χ2n) is 22.9. The Hall–Kier alpha value is -11.7. The molecule has 0 unspecified atom stereocenters. The van der Waals surface area contributed by atoms with Crippen molar-refractivity contribution in [3.05, 3.63) is 242 Å². The van der Waals surface area contributed by atoms with Crippen LogP contribution in [0.4, 0.5) is 101 Å². The van der Waals surface area contributed by atoms with E-state index in [9.17, 15) is 101 Å². The average molecular weight is 1680 g/mol. The van der Waals surface area contributed by atoms with Gasteiger partial charge in [0.05, 0.1) is 24.3 Å². The summed E-state index contributed by atoms with van der Waals surface area (Å²) in [5, 5.41) is 75.2. The van der Waals surface area contributed by atoms with Crippen LogP contribution < -0.4 is 18.3 Å². The SMILES string of the molecule is CC#N.CC#N.CC#N.CC#N.F[P-](F)(F)(F)(F)F.F[P-](F)(F)(F)(F)F.F[P-](F)(F)(F)(F)F.F[P-](F)(F)(F)(F)F.c1cc2ccc1C[n+]1ccc(cc1)-c1nnc(nn1)-c1cc[n+](cc1)Cc1ccc(cc1)C[n+]1ccc(cc1)-c1nnc(nn1)-c1cc[n+](cc1)C2.c1cc2cccc3c4cccc5cccc(c(c1)c23)c54. The second-order valence-corrected chi connectivity index (χ2v) is 30.6. The van der Waals surface area contributed by atoms with Gasteiger partial charge in [-0.3, -0.25) is 0 Å². The van der Waals surface area contributed by atoms with Gasteiger partial charge >= 0.3 is 132 Å². The predicted molar refractivity (Wildman–Crippen MR) is 374 cm³/mol. The fourth-order valence-corrected chi connectivity index (χ4v) is 9.69. The van der Waals surface area contributed by atoms with Crippen molar-refractivity contribution in [1.29, 1.82) is 21.0 Å². The van der Waals surface area contributed by atoms with Gasteiger partial charge in [-0.1, -0.05) is 121 Å². The Morgan fingerprint density at radius 1 is 0.241 bits per heavy atom. The molecule has 44 heteroatoms. The minimum Gasteiger partial charge on any atom is -0.201 e. The maximum Gasteiger partial charge on any atom is 0.204 e. The Balaban J connectivity index is 0.000000302. The van der Waals surface area contributed by atoms with Crippen molar-refractivity contribution >= 4 is 74.3 Å². The second kappa shape index (κ2) is 32.3. The normalized spacial score (nSPS) is 13.9. The number of nitriles is 4. The van der Waals surface area contributed by atoms with Gasteiger partial charge in [0, 0.05) is 121 Å². The number of benzene rings is 7. The molecule has 0 spiro atoms. The van der Waals surface area contributed by atoms with Crippen molar-refractivity contribution in [3.8, 4) is 69.8 Å². The molecule has 13 aromatic rings. The number of rotatable bonds is 0. The number of halogens is 24. The Bertz CT molecular complexity index is 4810. The zero-order valence-corrected chi connectivity index (χ0v) is 61.2. The summed E-state index contributed by atoms with van der Waals surface area (Å²) in [7, 11) is -42.6. The number of pyridine rings is 4. The van der Waals surface area contributed by atoms with E-state index in [1.807, 2.05) is 98.1 Å². The van der Waals surface area contributed by atoms with Crippen LogP contribution in [0.15, 0.2) is 219 Å². The molecule has 28 heterocycles. The summed E-state index contributed by atoms with van der Waals surface area (Å²) in [4.78, 5) is 0. The van der Waals surface area contributed by atoms with Crippen molar-refractivity contribution in [2.45, 2.75) is 53.9 Å². The maximum absolute atomic E-state index is 10.7. The van der Waals surface area contributed by atoms with Crippen LogP contribution in [0.1, 0.15) is 49.9 Å². The molecule has 0 aliphatic carbocycles. The third-order valence-electron chi connectivity index (χ3n) is 13.5. The Kier molecular flexibility index (Phi) is 26.3. The van der Waals surface area contributed by atoms with Gasteiger partial charge < -0.3 is 0 Å². The number of fused-ring (bicyclic) bond motifs is 2. The Labute approximate surface area is 618 Å². The molecule has 0 fully saturated rings.